The minimum atomic E-state index is -0.730. The third-order valence-corrected chi connectivity index (χ3v) is 4.25. The van der Waals surface area contributed by atoms with Crippen molar-refractivity contribution in [1.29, 1.82) is 0 Å². The summed E-state index contributed by atoms with van der Waals surface area (Å²) in [6.45, 7) is 2.13. The second-order valence-corrected chi connectivity index (χ2v) is 6.06. The van der Waals surface area contributed by atoms with E-state index in [2.05, 4.69) is 15.3 Å². The van der Waals surface area contributed by atoms with Crippen molar-refractivity contribution in [3.63, 3.8) is 0 Å². The van der Waals surface area contributed by atoms with E-state index in [4.69, 9.17) is 4.74 Å². The maximum absolute atomic E-state index is 13.9. The Morgan fingerprint density at radius 2 is 1.74 bits per heavy atom. The number of amides is 1. The Balaban J connectivity index is 1.76. The molecule has 1 aromatic heterocycles. The highest BCUT2D eigenvalue weighted by atomic mass is 19.1. The highest BCUT2D eigenvalue weighted by molar-refractivity contribution is 6.07. The summed E-state index contributed by atoms with van der Waals surface area (Å²) in [7, 11) is 0. The normalized spacial score (nSPS) is 14.4. The Morgan fingerprint density at radius 3 is 2.48 bits per heavy atom. The lowest BCUT2D eigenvalue weighted by molar-refractivity contribution is 0.101. The number of para-hydroxylation sites is 2. The number of halogens is 2. The Hall–Kier alpha value is -3.13. The number of ether oxygens (including phenoxy) is 1. The molecule has 27 heavy (non-hydrogen) atoms. The van der Waals surface area contributed by atoms with Crippen LogP contribution in [0.15, 0.2) is 42.5 Å². The van der Waals surface area contributed by atoms with Crippen molar-refractivity contribution in [2.75, 3.05) is 36.5 Å². The molecule has 2 heterocycles. The van der Waals surface area contributed by atoms with Crippen LogP contribution in [0, 0.1) is 11.6 Å². The Bertz CT molecular complexity index is 1010. The molecule has 0 unspecified atom stereocenters. The summed E-state index contributed by atoms with van der Waals surface area (Å²) >= 11 is 0. The number of carbonyl (C=O) groups excluding carboxylic acids is 1. The number of fused-ring (bicyclic) bond motifs is 1. The van der Waals surface area contributed by atoms with Crippen LogP contribution in [-0.2, 0) is 4.74 Å². The zero-order chi connectivity index (χ0) is 18.8. The van der Waals surface area contributed by atoms with Crippen LogP contribution in [0.4, 0.5) is 20.3 Å². The summed E-state index contributed by atoms with van der Waals surface area (Å²) in [6, 6.07) is 10.0. The maximum Gasteiger partial charge on any atom is 0.278 e. The lowest BCUT2D eigenvalue weighted by Crippen LogP contribution is -2.38. The Morgan fingerprint density at radius 1 is 1.04 bits per heavy atom. The van der Waals surface area contributed by atoms with E-state index in [-0.39, 0.29) is 11.4 Å². The molecule has 0 bridgehead atoms. The number of aromatic nitrogens is 2. The molecule has 2 aromatic carbocycles. The highest BCUT2D eigenvalue weighted by Crippen LogP contribution is 2.24. The van der Waals surface area contributed by atoms with E-state index in [1.807, 2.05) is 11.0 Å². The van der Waals surface area contributed by atoms with Crippen molar-refractivity contribution in [2.24, 2.45) is 0 Å². The number of anilines is 2. The molecular weight excluding hydrogens is 354 g/mol. The van der Waals surface area contributed by atoms with Crippen LogP contribution in [0.1, 0.15) is 10.5 Å². The second-order valence-electron chi connectivity index (χ2n) is 6.06. The Labute approximate surface area is 153 Å². The lowest BCUT2D eigenvalue weighted by Gasteiger charge is -2.29. The fraction of sp³-hybridized carbons (Fsp3) is 0.211. The van der Waals surface area contributed by atoms with Crippen molar-refractivity contribution >= 4 is 28.4 Å². The van der Waals surface area contributed by atoms with Crippen molar-refractivity contribution in [3.05, 3.63) is 59.8 Å². The minimum absolute atomic E-state index is 0.0549. The van der Waals surface area contributed by atoms with Crippen LogP contribution >= 0.6 is 0 Å². The molecule has 1 amide bonds. The molecule has 3 aromatic rings. The number of morpholine rings is 1. The van der Waals surface area contributed by atoms with Crippen molar-refractivity contribution < 1.29 is 18.3 Å². The molecule has 0 aliphatic carbocycles. The molecule has 0 radical (unpaired) electrons. The summed E-state index contributed by atoms with van der Waals surface area (Å²) in [6.07, 6.45) is 0. The summed E-state index contributed by atoms with van der Waals surface area (Å²) in [5, 5.41) is 2.40. The van der Waals surface area contributed by atoms with E-state index in [9.17, 15) is 13.6 Å². The molecule has 1 saturated heterocycles. The van der Waals surface area contributed by atoms with Crippen LogP contribution in [-0.4, -0.2) is 42.2 Å². The van der Waals surface area contributed by atoms with Gasteiger partial charge in [0.25, 0.3) is 5.91 Å². The number of nitrogens with zero attached hydrogens (tertiary/aromatic N) is 3. The third-order valence-electron chi connectivity index (χ3n) is 4.25. The van der Waals surface area contributed by atoms with Gasteiger partial charge in [0.2, 0.25) is 0 Å². The van der Waals surface area contributed by atoms with E-state index in [1.54, 1.807) is 18.2 Å². The van der Waals surface area contributed by atoms with Gasteiger partial charge in [-0.2, -0.15) is 0 Å². The van der Waals surface area contributed by atoms with E-state index in [0.717, 1.165) is 18.2 Å². The van der Waals surface area contributed by atoms with Crippen LogP contribution < -0.4 is 10.2 Å². The van der Waals surface area contributed by atoms with Crippen molar-refractivity contribution in [1.82, 2.24) is 9.97 Å². The fourth-order valence-electron chi connectivity index (χ4n) is 2.91. The molecular formula is C19H16F2N4O2. The quantitative estimate of drug-likeness (QED) is 0.768. The predicted molar refractivity (Wildman–Crippen MR) is 96.9 cm³/mol. The van der Waals surface area contributed by atoms with E-state index >= 15 is 0 Å². The van der Waals surface area contributed by atoms with Gasteiger partial charge < -0.3 is 15.0 Å². The zero-order valence-electron chi connectivity index (χ0n) is 14.3. The molecule has 4 rings (SSSR count). The molecule has 138 valence electrons. The Kier molecular flexibility index (Phi) is 4.64. The van der Waals surface area contributed by atoms with Crippen molar-refractivity contribution in [3.8, 4) is 0 Å². The van der Waals surface area contributed by atoms with E-state index < -0.39 is 17.5 Å². The molecule has 0 saturated carbocycles. The molecule has 0 atom stereocenters. The van der Waals surface area contributed by atoms with Gasteiger partial charge in [-0.1, -0.05) is 12.1 Å². The van der Waals surface area contributed by atoms with Gasteiger partial charge in [0.15, 0.2) is 11.5 Å². The first-order valence-electron chi connectivity index (χ1n) is 8.48. The van der Waals surface area contributed by atoms with Gasteiger partial charge >= 0.3 is 0 Å². The van der Waals surface area contributed by atoms with Gasteiger partial charge in [-0.25, -0.2) is 18.7 Å². The van der Waals surface area contributed by atoms with Crippen LogP contribution in [0.3, 0.4) is 0 Å². The SMILES string of the molecule is O=C(Nc1cc(F)ccc1F)c1nc2ccccc2nc1N1CCOCC1. The number of nitrogens with one attached hydrogen (secondary N) is 1. The summed E-state index contributed by atoms with van der Waals surface area (Å²) in [5.41, 5.74) is 0.994. The number of carbonyl (C=O) groups is 1. The average molecular weight is 370 g/mol. The average Bonchev–Trinajstić information content (AvgIpc) is 2.70. The molecule has 1 aliphatic heterocycles. The number of hydrogen-bond acceptors (Lipinski definition) is 5. The van der Waals surface area contributed by atoms with Gasteiger partial charge in [0.05, 0.1) is 29.9 Å². The molecule has 0 spiro atoms. The smallest absolute Gasteiger partial charge is 0.278 e. The zero-order valence-corrected chi connectivity index (χ0v) is 14.3. The van der Waals surface area contributed by atoms with Crippen LogP contribution in [0.25, 0.3) is 11.0 Å². The summed E-state index contributed by atoms with van der Waals surface area (Å²) in [5.74, 6) is -1.64. The number of hydrogen-bond donors (Lipinski definition) is 1. The van der Waals surface area contributed by atoms with Gasteiger partial charge in [-0.3, -0.25) is 4.79 Å². The lowest BCUT2D eigenvalue weighted by atomic mass is 10.2. The first kappa shape index (κ1) is 17.3. The maximum atomic E-state index is 13.9. The topological polar surface area (TPSA) is 67.4 Å². The van der Waals surface area contributed by atoms with Gasteiger partial charge in [0, 0.05) is 19.2 Å². The molecule has 1 N–H and O–H groups in total. The first-order chi connectivity index (χ1) is 13.1. The molecule has 8 heteroatoms. The fourth-order valence-corrected chi connectivity index (χ4v) is 2.91. The first-order valence-corrected chi connectivity index (χ1v) is 8.48. The highest BCUT2D eigenvalue weighted by Gasteiger charge is 2.23. The van der Waals surface area contributed by atoms with E-state index in [1.165, 1.54) is 0 Å². The predicted octanol–water partition coefficient (Wildman–Crippen LogP) is 3.00. The summed E-state index contributed by atoms with van der Waals surface area (Å²) < 4.78 is 32.7. The van der Waals surface area contributed by atoms with Gasteiger partial charge in [0.1, 0.15) is 11.6 Å². The third kappa shape index (κ3) is 3.56. The van der Waals surface area contributed by atoms with Crippen LogP contribution in [0.5, 0.6) is 0 Å². The minimum Gasteiger partial charge on any atom is -0.378 e. The second kappa shape index (κ2) is 7.24. The van der Waals surface area contributed by atoms with Gasteiger partial charge in [-0.15, -0.1) is 0 Å². The van der Waals surface area contributed by atoms with Gasteiger partial charge in [-0.05, 0) is 24.3 Å². The summed E-state index contributed by atoms with van der Waals surface area (Å²) in [4.78, 5) is 23.7. The van der Waals surface area contributed by atoms with E-state index in [0.29, 0.717) is 43.2 Å². The molecule has 1 aliphatic rings. The monoisotopic (exact) mass is 370 g/mol. The standard InChI is InChI=1S/C19H16F2N4O2/c20-12-5-6-13(21)16(11-12)24-19(26)17-18(25-7-9-27-10-8-25)23-15-4-2-1-3-14(15)22-17/h1-6,11H,7-10H2,(H,24,26). The largest absolute Gasteiger partial charge is 0.378 e. The molecule has 1 fully saturated rings. The van der Waals surface area contributed by atoms with Crippen molar-refractivity contribution in [2.45, 2.75) is 0 Å². The van der Waals surface area contributed by atoms with Crippen LogP contribution in [0.2, 0.25) is 0 Å². The number of rotatable bonds is 3. The number of benzene rings is 2. The molecule has 6 nitrogen and oxygen atoms in total.